The third kappa shape index (κ3) is 2.74. The Morgan fingerprint density at radius 1 is 1.19 bits per heavy atom. The van der Waals surface area contributed by atoms with Crippen molar-refractivity contribution in [1.82, 2.24) is 0 Å². The van der Waals surface area contributed by atoms with Crippen LogP contribution < -0.4 is 5.32 Å². The highest BCUT2D eigenvalue weighted by molar-refractivity contribution is 7.90. The number of para-hydroxylation sites is 1. The van der Waals surface area contributed by atoms with Crippen LogP contribution in [0.5, 0.6) is 5.75 Å². The zero-order valence-electron chi connectivity index (χ0n) is 11.7. The topological polar surface area (TPSA) is 66.4 Å². The van der Waals surface area contributed by atoms with E-state index in [9.17, 15) is 13.5 Å². The fourth-order valence-corrected chi connectivity index (χ4v) is 3.70. The number of benzene rings is 2. The van der Waals surface area contributed by atoms with Gasteiger partial charge in [0.05, 0.1) is 16.6 Å². The summed E-state index contributed by atoms with van der Waals surface area (Å²) < 4.78 is 23.7. The average molecular weight is 303 g/mol. The molecule has 0 heterocycles. The predicted molar refractivity (Wildman–Crippen MR) is 82.3 cm³/mol. The standard InChI is InChI=1S/C16H17NO3S/c1-21(19,20)16-5-3-2-4-15(16)17-14-9-6-11-10-12(18)7-8-13(11)14/h2-5,7-8,10,14,17-18H,6,9H2,1H3. The normalized spacial score (nSPS) is 17.5. The molecular weight excluding hydrogens is 286 g/mol. The third-order valence-electron chi connectivity index (χ3n) is 3.82. The molecule has 0 amide bonds. The van der Waals surface area contributed by atoms with Crippen molar-refractivity contribution in [2.45, 2.75) is 23.8 Å². The maximum Gasteiger partial charge on any atom is 0.177 e. The molecule has 0 bridgehead atoms. The second-order valence-corrected chi connectivity index (χ2v) is 7.37. The van der Waals surface area contributed by atoms with E-state index in [1.54, 1.807) is 30.3 Å². The van der Waals surface area contributed by atoms with E-state index in [1.807, 2.05) is 12.1 Å². The van der Waals surface area contributed by atoms with Crippen LogP contribution in [0.4, 0.5) is 5.69 Å². The van der Waals surface area contributed by atoms with Crippen molar-refractivity contribution in [3.63, 3.8) is 0 Å². The lowest BCUT2D eigenvalue weighted by Crippen LogP contribution is -2.10. The number of fused-ring (bicyclic) bond motifs is 1. The smallest absolute Gasteiger partial charge is 0.177 e. The summed E-state index contributed by atoms with van der Waals surface area (Å²) >= 11 is 0. The van der Waals surface area contributed by atoms with Crippen LogP contribution >= 0.6 is 0 Å². The van der Waals surface area contributed by atoms with E-state index in [-0.39, 0.29) is 11.8 Å². The van der Waals surface area contributed by atoms with Crippen LogP contribution in [0.3, 0.4) is 0 Å². The summed E-state index contributed by atoms with van der Waals surface area (Å²) in [5.41, 5.74) is 2.87. The van der Waals surface area contributed by atoms with Crippen molar-refractivity contribution in [3.05, 3.63) is 53.6 Å². The van der Waals surface area contributed by atoms with Gasteiger partial charge in [0, 0.05) is 6.26 Å². The summed E-state index contributed by atoms with van der Waals surface area (Å²) in [5.74, 6) is 0.269. The molecule has 3 rings (SSSR count). The zero-order chi connectivity index (χ0) is 15.0. The molecule has 2 aromatic rings. The molecule has 0 aromatic heterocycles. The van der Waals surface area contributed by atoms with E-state index in [2.05, 4.69) is 5.32 Å². The summed E-state index contributed by atoms with van der Waals surface area (Å²) in [4.78, 5) is 0.317. The highest BCUT2D eigenvalue weighted by Gasteiger charge is 2.24. The van der Waals surface area contributed by atoms with E-state index in [1.165, 1.54) is 6.26 Å². The van der Waals surface area contributed by atoms with E-state index >= 15 is 0 Å². The van der Waals surface area contributed by atoms with Gasteiger partial charge in [0.1, 0.15) is 5.75 Å². The molecule has 2 N–H and O–H groups in total. The monoisotopic (exact) mass is 303 g/mol. The number of aromatic hydroxyl groups is 1. The number of aryl methyl sites for hydroxylation is 1. The number of phenolic OH excluding ortho intramolecular Hbond substituents is 1. The van der Waals surface area contributed by atoms with Gasteiger partial charge >= 0.3 is 0 Å². The Morgan fingerprint density at radius 3 is 2.71 bits per heavy atom. The highest BCUT2D eigenvalue weighted by Crippen LogP contribution is 2.36. The average Bonchev–Trinajstić information content (AvgIpc) is 2.80. The Hall–Kier alpha value is -2.01. The minimum atomic E-state index is -3.26. The Labute approximate surface area is 124 Å². The fourth-order valence-electron chi connectivity index (χ4n) is 2.85. The van der Waals surface area contributed by atoms with Gasteiger partial charge in [-0.1, -0.05) is 18.2 Å². The number of phenols is 1. The molecule has 0 radical (unpaired) electrons. The van der Waals surface area contributed by atoms with Gasteiger partial charge < -0.3 is 10.4 Å². The first-order valence-electron chi connectivity index (χ1n) is 6.82. The first kappa shape index (κ1) is 13.9. The summed E-state index contributed by atoms with van der Waals surface area (Å²) in [5, 5.41) is 12.9. The number of nitrogens with one attached hydrogen (secondary N) is 1. The number of rotatable bonds is 3. The summed E-state index contributed by atoms with van der Waals surface area (Å²) in [6.07, 6.45) is 2.98. The van der Waals surface area contributed by atoms with Crippen molar-refractivity contribution in [2.24, 2.45) is 0 Å². The lowest BCUT2D eigenvalue weighted by Gasteiger charge is -2.18. The second kappa shape index (κ2) is 5.07. The van der Waals surface area contributed by atoms with Crippen LogP contribution in [0, 0.1) is 0 Å². The highest BCUT2D eigenvalue weighted by atomic mass is 32.2. The van der Waals surface area contributed by atoms with E-state index in [0.717, 1.165) is 24.0 Å². The van der Waals surface area contributed by atoms with Crippen LogP contribution in [0.25, 0.3) is 0 Å². The molecule has 2 aromatic carbocycles. The van der Waals surface area contributed by atoms with Gasteiger partial charge in [-0.15, -0.1) is 0 Å². The lowest BCUT2D eigenvalue weighted by atomic mass is 10.1. The molecule has 110 valence electrons. The van der Waals surface area contributed by atoms with Gasteiger partial charge in [-0.05, 0) is 48.2 Å². The largest absolute Gasteiger partial charge is 0.508 e. The van der Waals surface area contributed by atoms with Gasteiger partial charge in [0.2, 0.25) is 0 Å². The van der Waals surface area contributed by atoms with Gasteiger partial charge in [-0.2, -0.15) is 0 Å². The van der Waals surface area contributed by atoms with Crippen LogP contribution in [0.1, 0.15) is 23.6 Å². The SMILES string of the molecule is CS(=O)(=O)c1ccccc1NC1CCc2cc(O)ccc21. The maximum absolute atomic E-state index is 11.8. The van der Waals surface area contributed by atoms with Gasteiger partial charge in [-0.3, -0.25) is 0 Å². The third-order valence-corrected chi connectivity index (χ3v) is 4.98. The molecule has 1 aliphatic rings. The van der Waals surface area contributed by atoms with Crippen molar-refractivity contribution < 1.29 is 13.5 Å². The van der Waals surface area contributed by atoms with E-state index in [0.29, 0.717) is 10.6 Å². The molecule has 4 nitrogen and oxygen atoms in total. The van der Waals surface area contributed by atoms with Gasteiger partial charge in [0.25, 0.3) is 0 Å². The molecule has 0 saturated carbocycles. The predicted octanol–water partition coefficient (Wildman–Crippen LogP) is 2.90. The molecular formula is C16H17NO3S. The molecule has 5 heteroatoms. The first-order chi connectivity index (χ1) is 9.95. The molecule has 1 aliphatic carbocycles. The Bertz CT molecular complexity index is 784. The second-order valence-electron chi connectivity index (χ2n) is 5.39. The van der Waals surface area contributed by atoms with Crippen molar-refractivity contribution in [1.29, 1.82) is 0 Å². The number of hydrogen-bond donors (Lipinski definition) is 2. The van der Waals surface area contributed by atoms with Gasteiger partial charge in [0.15, 0.2) is 9.84 Å². The number of sulfone groups is 1. The Balaban J connectivity index is 1.94. The fraction of sp³-hybridized carbons (Fsp3) is 0.250. The van der Waals surface area contributed by atoms with Crippen LogP contribution in [0.15, 0.2) is 47.4 Å². The molecule has 1 atom stereocenters. The van der Waals surface area contributed by atoms with Crippen molar-refractivity contribution in [2.75, 3.05) is 11.6 Å². The zero-order valence-corrected chi connectivity index (χ0v) is 12.5. The lowest BCUT2D eigenvalue weighted by molar-refractivity contribution is 0.474. The Kier molecular flexibility index (Phi) is 3.37. The molecule has 21 heavy (non-hydrogen) atoms. The first-order valence-corrected chi connectivity index (χ1v) is 8.72. The minimum absolute atomic E-state index is 0.0727. The molecule has 0 fully saturated rings. The number of hydrogen-bond acceptors (Lipinski definition) is 4. The summed E-state index contributed by atoms with van der Waals surface area (Å²) in [6.45, 7) is 0. The number of anilines is 1. The summed E-state index contributed by atoms with van der Waals surface area (Å²) in [6, 6.07) is 12.4. The van der Waals surface area contributed by atoms with E-state index in [4.69, 9.17) is 0 Å². The quantitative estimate of drug-likeness (QED) is 0.915. The molecule has 0 aliphatic heterocycles. The van der Waals surface area contributed by atoms with Crippen molar-refractivity contribution in [3.8, 4) is 5.75 Å². The maximum atomic E-state index is 11.8. The molecule has 1 unspecified atom stereocenters. The molecule has 0 saturated heterocycles. The molecule has 0 spiro atoms. The van der Waals surface area contributed by atoms with Crippen molar-refractivity contribution >= 4 is 15.5 Å². The van der Waals surface area contributed by atoms with Crippen LogP contribution in [-0.4, -0.2) is 19.8 Å². The van der Waals surface area contributed by atoms with E-state index < -0.39 is 9.84 Å². The minimum Gasteiger partial charge on any atom is -0.508 e. The Morgan fingerprint density at radius 2 is 1.95 bits per heavy atom. The van der Waals surface area contributed by atoms with Crippen LogP contribution in [0.2, 0.25) is 0 Å². The summed E-state index contributed by atoms with van der Waals surface area (Å²) in [7, 11) is -3.26. The van der Waals surface area contributed by atoms with Gasteiger partial charge in [-0.25, -0.2) is 8.42 Å². The van der Waals surface area contributed by atoms with Crippen LogP contribution in [-0.2, 0) is 16.3 Å².